The number of benzene rings is 1. The summed E-state index contributed by atoms with van der Waals surface area (Å²) < 4.78 is 10.4. The van der Waals surface area contributed by atoms with Crippen LogP contribution in [0.5, 0.6) is 11.5 Å². The number of hydrogen-bond donors (Lipinski definition) is 1. The topological polar surface area (TPSA) is 59.9 Å². The van der Waals surface area contributed by atoms with Crippen LogP contribution >= 0.6 is 11.8 Å². The Balaban J connectivity index is 2.35. The van der Waals surface area contributed by atoms with Crippen molar-refractivity contribution >= 4 is 22.7 Å². The van der Waals surface area contributed by atoms with E-state index in [1.54, 1.807) is 20.3 Å². The predicted molar refractivity (Wildman–Crippen MR) is 66.7 cm³/mol. The molecule has 0 aromatic heterocycles. The number of carbonyl (C=O) groups is 1. The Morgan fingerprint density at radius 2 is 2.18 bits per heavy atom. The molecule has 0 aliphatic carbocycles. The van der Waals surface area contributed by atoms with Crippen molar-refractivity contribution in [3.63, 3.8) is 0 Å². The Kier molecular flexibility index (Phi) is 3.53. The summed E-state index contributed by atoms with van der Waals surface area (Å²) in [7, 11) is 3.19. The number of nitrogens with one attached hydrogen (secondary N) is 1. The van der Waals surface area contributed by atoms with Gasteiger partial charge in [0.1, 0.15) is 16.5 Å². The Hall–Kier alpha value is -1.69. The van der Waals surface area contributed by atoms with Gasteiger partial charge in [0.05, 0.1) is 25.5 Å². The number of carbonyl (C=O) groups excluding carboxylic acids is 1. The largest absolute Gasteiger partial charge is 0.497 e. The molecule has 6 heteroatoms. The van der Waals surface area contributed by atoms with Crippen LogP contribution in [0.25, 0.3) is 0 Å². The van der Waals surface area contributed by atoms with Crippen LogP contribution in [-0.4, -0.2) is 30.9 Å². The van der Waals surface area contributed by atoms with Crippen LogP contribution in [0.4, 0.5) is 0 Å². The van der Waals surface area contributed by atoms with Gasteiger partial charge < -0.3 is 9.47 Å². The second kappa shape index (κ2) is 5.09. The van der Waals surface area contributed by atoms with Gasteiger partial charge in [-0.15, -0.1) is 0 Å². The molecule has 1 aliphatic rings. The molecule has 1 aromatic rings. The molecule has 0 saturated carbocycles. The van der Waals surface area contributed by atoms with Gasteiger partial charge in [-0.3, -0.25) is 4.79 Å². The predicted octanol–water partition coefficient (Wildman–Crippen LogP) is 1.23. The van der Waals surface area contributed by atoms with E-state index in [1.165, 1.54) is 11.8 Å². The molecular formula is C11H12N2O3S. The van der Waals surface area contributed by atoms with E-state index in [1.807, 2.05) is 12.1 Å². The molecule has 0 unspecified atom stereocenters. The Bertz CT molecular complexity index is 474. The monoisotopic (exact) mass is 252 g/mol. The summed E-state index contributed by atoms with van der Waals surface area (Å²) in [6.07, 6.45) is 0. The van der Waals surface area contributed by atoms with Gasteiger partial charge in [0.2, 0.25) is 0 Å². The SMILES string of the molecule is COc1ccc(C2=NNC(=O)CS2)c(OC)c1. The van der Waals surface area contributed by atoms with Crippen LogP contribution in [0.3, 0.4) is 0 Å². The van der Waals surface area contributed by atoms with Crippen molar-refractivity contribution in [2.75, 3.05) is 20.0 Å². The fraction of sp³-hybridized carbons (Fsp3) is 0.273. The van der Waals surface area contributed by atoms with Crippen LogP contribution in [0.2, 0.25) is 0 Å². The van der Waals surface area contributed by atoms with E-state index in [0.29, 0.717) is 11.5 Å². The molecule has 1 aliphatic heterocycles. The van der Waals surface area contributed by atoms with Crippen LogP contribution in [0, 0.1) is 0 Å². The Morgan fingerprint density at radius 1 is 1.35 bits per heavy atom. The number of thioether (sulfide) groups is 1. The fourth-order valence-electron chi connectivity index (χ4n) is 1.42. The first-order valence-corrected chi connectivity index (χ1v) is 5.95. The van der Waals surface area contributed by atoms with Gasteiger partial charge in [-0.1, -0.05) is 11.8 Å². The lowest BCUT2D eigenvalue weighted by molar-refractivity contribution is -0.118. The zero-order valence-corrected chi connectivity index (χ0v) is 10.3. The quantitative estimate of drug-likeness (QED) is 0.879. The summed E-state index contributed by atoms with van der Waals surface area (Å²) in [6.45, 7) is 0. The van der Waals surface area contributed by atoms with Crippen LogP contribution in [-0.2, 0) is 4.79 Å². The lowest BCUT2D eigenvalue weighted by Gasteiger charge is -2.14. The summed E-state index contributed by atoms with van der Waals surface area (Å²) in [5.74, 6) is 1.67. The molecule has 1 N–H and O–H groups in total. The first-order chi connectivity index (χ1) is 8.24. The Labute approximate surface area is 103 Å². The molecule has 90 valence electrons. The molecule has 1 amide bonds. The molecule has 0 radical (unpaired) electrons. The summed E-state index contributed by atoms with van der Waals surface area (Å²) in [5.41, 5.74) is 3.30. The van der Waals surface area contributed by atoms with E-state index in [9.17, 15) is 4.79 Å². The molecule has 5 nitrogen and oxygen atoms in total. The average molecular weight is 252 g/mol. The number of amides is 1. The fourth-order valence-corrected chi connectivity index (χ4v) is 2.19. The van der Waals surface area contributed by atoms with E-state index in [2.05, 4.69) is 10.5 Å². The van der Waals surface area contributed by atoms with Crippen molar-refractivity contribution in [1.82, 2.24) is 5.43 Å². The summed E-state index contributed by atoms with van der Waals surface area (Å²) in [4.78, 5) is 11.0. The first kappa shape index (κ1) is 11.8. The van der Waals surface area contributed by atoms with Gasteiger partial charge in [0, 0.05) is 6.07 Å². The Morgan fingerprint density at radius 3 is 2.76 bits per heavy atom. The number of hydrazone groups is 1. The zero-order chi connectivity index (χ0) is 12.3. The molecule has 1 heterocycles. The molecular weight excluding hydrogens is 240 g/mol. The third kappa shape index (κ3) is 2.52. The smallest absolute Gasteiger partial charge is 0.250 e. The van der Waals surface area contributed by atoms with Gasteiger partial charge in [0.15, 0.2) is 0 Å². The lowest BCUT2D eigenvalue weighted by Crippen LogP contribution is -2.26. The minimum absolute atomic E-state index is 0.0915. The van der Waals surface area contributed by atoms with Gasteiger partial charge >= 0.3 is 0 Å². The van der Waals surface area contributed by atoms with Crippen molar-refractivity contribution < 1.29 is 14.3 Å². The van der Waals surface area contributed by atoms with E-state index in [-0.39, 0.29) is 5.91 Å². The number of hydrogen-bond acceptors (Lipinski definition) is 5. The lowest BCUT2D eigenvalue weighted by atomic mass is 10.2. The highest BCUT2D eigenvalue weighted by atomic mass is 32.2. The zero-order valence-electron chi connectivity index (χ0n) is 9.52. The highest BCUT2D eigenvalue weighted by Gasteiger charge is 2.17. The molecule has 0 saturated heterocycles. The van der Waals surface area contributed by atoms with E-state index in [0.717, 1.165) is 16.4 Å². The van der Waals surface area contributed by atoms with Crippen molar-refractivity contribution in [3.8, 4) is 11.5 Å². The normalized spacial score (nSPS) is 14.9. The summed E-state index contributed by atoms with van der Waals surface area (Å²) >= 11 is 1.38. The molecule has 0 spiro atoms. The minimum Gasteiger partial charge on any atom is -0.497 e. The standard InChI is InChI=1S/C11H12N2O3S/c1-15-7-3-4-8(9(5-7)16-2)11-13-12-10(14)6-17-11/h3-5H,6H2,1-2H3,(H,12,14). The summed E-state index contributed by atoms with van der Waals surface area (Å²) in [6, 6.07) is 5.48. The number of methoxy groups -OCH3 is 2. The van der Waals surface area contributed by atoms with Crippen molar-refractivity contribution in [3.05, 3.63) is 23.8 Å². The van der Waals surface area contributed by atoms with Crippen molar-refractivity contribution in [2.24, 2.45) is 5.10 Å². The van der Waals surface area contributed by atoms with Crippen LogP contribution < -0.4 is 14.9 Å². The molecule has 0 bridgehead atoms. The van der Waals surface area contributed by atoms with E-state index >= 15 is 0 Å². The van der Waals surface area contributed by atoms with Gasteiger partial charge in [0.25, 0.3) is 5.91 Å². The third-order valence-corrected chi connectivity index (χ3v) is 3.25. The maximum absolute atomic E-state index is 11.0. The molecule has 0 atom stereocenters. The number of nitrogens with zero attached hydrogens (tertiary/aromatic N) is 1. The third-order valence-electron chi connectivity index (χ3n) is 2.26. The number of rotatable bonds is 3. The van der Waals surface area contributed by atoms with Crippen LogP contribution in [0.1, 0.15) is 5.56 Å². The number of ether oxygens (including phenoxy) is 2. The van der Waals surface area contributed by atoms with Gasteiger partial charge in [-0.05, 0) is 12.1 Å². The molecule has 1 aromatic carbocycles. The van der Waals surface area contributed by atoms with Gasteiger partial charge in [-0.2, -0.15) is 5.10 Å². The highest BCUT2D eigenvalue weighted by Crippen LogP contribution is 2.29. The average Bonchev–Trinajstić information content (AvgIpc) is 2.39. The van der Waals surface area contributed by atoms with Gasteiger partial charge in [-0.25, -0.2) is 5.43 Å². The minimum atomic E-state index is -0.0915. The second-order valence-electron chi connectivity index (χ2n) is 3.31. The highest BCUT2D eigenvalue weighted by molar-refractivity contribution is 8.15. The maximum Gasteiger partial charge on any atom is 0.250 e. The van der Waals surface area contributed by atoms with Crippen molar-refractivity contribution in [2.45, 2.75) is 0 Å². The maximum atomic E-state index is 11.0. The molecule has 17 heavy (non-hydrogen) atoms. The first-order valence-electron chi connectivity index (χ1n) is 4.96. The summed E-state index contributed by atoms with van der Waals surface area (Å²) in [5, 5.41) is 4.74. The van der Waals surface area contributed by atoms with Crippen LogP contribution in [0.15, 0.2) is 23.3 Å². The second-order valence-corrected chi connectivity index (χ2v) is 4.27. The molecule has 0 fully saturated rings. The van der Waals surface area contributed by atoms with E-state index < -0.39 is 0 Å². The van der Waals surface area contributed by atoms with E-state index in [4.69, 9.17) is 9.47 Å². The van der Waals surface area contributed by atoms with Crippen molar-refractivity contribution in [1.29, 1.82) is 0 Å². The molecule has 2 rings (SSSR count).